The second-order valence-electron chi connectivity index (χ2n) is 28.6. The van der Waals surface area contributed by atoms with Crippen molar-refractivity contribution in [3.63, 3.8) is 0 Å². The monoisotopic (exact) mass is 1890 g/mol. The van der Waals surface area contributed by atoms with E-state index in [9.17, 15) is 31.5 Å². The Morgan fingerprint density at radius 2 is 0.702 bits per heavy atom. The minimum atomic E-state index is -1.18. The summed E-state index contributed by atoms with van der Waals surface area (Å²) in [4.78, 5) is 63.9. The Balaban J connectivity index is 0.000000142. The average Bonchev–Trinajstić information content (AvgIpc) is 1.64. The lowest BCUT2D eigenvalue weighted by Crippen LogP contribution is -2.10. The number of unbranched alkanes of at least 4 members (excludes halogenated alkanes) is 4. The van der Waals surface area contributed by atoms with Crippen molar-refractivity contribution in [1.29, 1.82) is 0 Å². The molecule has 35 heteroatoms. The highest BCUT2D eigenvalue weighted by molar-refractivity contribution is 7.88. The molecule has 16 aromatic rings. The van der Waals surface area contributed by atoms with E-state index in [0.29, 0.717) is 64.1 Å². The van der Waals surface area contributed by atoms with Crippen LogP contribution in [0, 0.1) is 0 Å². The van der Waals surface area contributed by atoms with Gasteiger partial charge in [0.2, 0.25) is 0 Å². The molecule has 12 heterocycles. The fourth-order valence-corrected chi connectivity index (χ4v) is 26.7. The SMILES string of the molecule is CCCCS(=O)c1sc2nc(-c3nccs3)cc(-c3ccc(CN(C)C)cc3)c2c1N.CCCCS(=O)c1sc2nc(-c3nccs3)cc(-c3ccc(CO)cc3)c2c1N.CCCCS(=O)c1sc2nc(-c3nccs3)cc(-c3ccc(COC(C)=O)cc3)c2c1N.CCCCS(=O)c1sc2nc(-c3nccs3)cc(-c3ccc(OCC(=O)O)cc3)c2c1N. The number of fused-ring (bicyclic) bond motifs is 4. The van der Waals surface area contributed by atoms with Gasteiger partial charge in [-0.2, -0.15) is 0 Å². The van der Waals surface area contributed by atoms with Gasteiger partial charge >= 0.3 is 11.9 Å². The van der Waals surface area contributed by atoms with E-state index in [-0.39, 0.29) is 19.2 Å². The quantitative estimate of drug-likeness (QED) is 0.0213. The van der Waals surface area contributed by atoms with Gasteiger partial charge < -0.3 is 47.5 Å². The zero-order valence-electron chi connectivity index (χ0n) is 68.9. The van der Waals surface area contributed by atoms with Crippen LogP contribution in [0.1, 0.15) is 103 Å². The molecule has 124 heavy (non-hydrogen) atoms. The van der Waals surface area contributed by atoms with Gasteiger partial charge in [0.25, 0.3) is 0 Å². The topological polar surface area (TPSA) is 372 Å². The van der Waals surface area contributed by atoms with E-state index >= 15 is 0 Å². The molecule has 0 saturated heterocycles. The first-order valence-electron chi connectivity index (χ1n) is 39.7. The number of nitrogens with zero attached hydrogens (tertiary/aromatic N) is 9. The molecule has 644 valence electrons. The number of nitrogen functional groups attached to an aromatic ring is 4. The van der Waals surface area contributed by atoms with Crippen LogP contribution >= 0.6 is 90.7 Å². The number of aliphatic carboxylic acids is 1. The molecule has 4 aromatic carbocycles. The number of pyridine rings is 4. The van der Waals surface area contributed by atoms with Crippen molar-refractivity contribution in [1.82, 2.24) is 44.8 Å². The van der Waals surface area contributed by atoms with Crippen LogP contribution in [0.4, 0.5) is 22.7 Å². The maximum Gasteiger partial charge on any atom is 0.341 e. The van der Waals surface area contributed by atoms with Gasteiger partial charge in [-0.25, -0.2) is 44.7 Å². The number of thiazole rings is 4. The number of thiophene rings is 4. The number of carbonyl (C=O) groups excluding carboxylic acids is 1. The van der Waals surface area contributed by atoms with Crippen LogP contribution < -0.4 is 27.7 Å². The summed E-state index contributed by atoms with van der Waals surface area (Å²) >= 11 is 11.7. The van der Waals surface area contributed by atoms with Crippen LogP contribution in [0.2, 0.25) is 0 Å². The second kappa shape index (κ2) is 43.5. The number of hydrogen-bond acceptors (Lipinski definition) is 30. The van der Waals surface area contributed by atoms with Gasteiger partial charge in [0.15, 0.2) is 6.61 Å². The Morgan fingerprint density at radius 3 is 0.952 bits per heavy atom. The number of aliphatic hydroxyl groups is 1. The third-order valence-corrected chi connectivity index (χ3v) is 34.4. The Morgan fingerprint density at radius 1 is 0.419 bits per heavy atom. The number of carboxylic acid groups (broad SMARTS) is 1. The summed E-state index contributed by atoms with van der Waals surface area (Å²) in [6.07, 6.45) is 14.5. The molecule has 16 rings (SSSR count). The number of esters is 1. The van der Waals surface area contributed by atoms with Gasteiger partial charge in [-0.3, -0.25) is 21.6 Å². The van der Waals surface area contributed by atoms with E-state index in [4.69, 9.17) is 57.5 Å². The van der Waals surface area contributed by atoms with Gasteiger partial charge in [0, 0.05) is 104 Å². The molecule has 10 N–H and O–H groups in total. The standard InChI is InChI=1S/C23H26N4OS3.C23H23N3O3S3.C22H21N3O4S3.C21H21N3O2S3/c1-4-5-12-31(28)23-20(24)19-17(16-8-6-15(7-9-16)14-27(2)3)13-18(26-22(19)30-23)21-25-10-11-29-21;1-3-4-11-32(28)23-20(24)19-17(16-7-5-15(6-8-16)13-29-14(2)27)12-18(26-22(19)31-23)21-25-9-10-30-21;1-2-3-10-32(28)22-19(23)18-15(13-4-6-14(7-5-13)29-12-17(26)27)11-16(25-21(18)31-22)20-24-8-9-30-20;1-2-3-10-29(26)21-18(22)17-15(14-6-4-13(12-25)5-7-14)11-16(24-20(17)28-21)19-23-8-9-27-19/h6-11,13H,4-5,12,14,24H2,1-3H3;5-10,12H,3-4,11,13,24H2,1-2H3;4-9,11H,2-3,10,12,23H2,1H3,(H,26,27);4-9,11,25H,2-3,10,12,22H2,1H3. The summed E-state index contributed by atoms with van der Waals surface area (Å²) in [7, 11) is -0.455. The summed E-state index contributed by atoms with van der Waals surface area (Å²) in [5.41, 5.74) is 42.0. The van der Waals surface area contributed by atoms with Gasteiger partial charge in [0.05, 0.1) is 72.6 Å². The first kappa shape index (κ1) is 92.0. The lowest BCUT2D eigenvalue weighted by Gasteiger charge is -2.11. The number of ether oxygens (including phenoxy) is 2. The maximum absolute atomic E-state index is 12.9. The van der Waals surface area contributed by atoms with Crippen LogP contribution in [0.15, 0.2) is 184 Å². The molecule has 0 radical (unpaired) electrons. The largest absolute Gasteiger partial charge is 0.482 e. The molecule has 12 aromatic heterocycles. The van der Waals surface area contributed by atoms with E-state index < -0.39 is 55.8 Å². The second-order valence-corrected chi connectivity index (χ2v) is 43.2. The molecule has 0 aliphatic heterocycles. The smallest absolute Gasteiger partial charge is 0.341 e. The Labute approximate surface area is 760 Å². The van der Waals surface area contributed by atoms with Crippen LogP contribution in [0.3, 0.4) is 0 Å². The van der Waals surface area contributed by atoms with Crippen molar-refractivity contribution in [2.75, 3.05) is 66.6 Å². The van der Waals surface area contributed by atoms with E-state index in [1.165, 1.54) is 91.8 Å². The highest BCUT2D eigenvalue weighted by atomic mass is 32.2. The van der Waals surface area contributed by atoms with E-state index in [0.717, 1.165) is 201 Å². The van der Waals surface area contributed by atoms with Crippen molar-refractivity contribution in [3.05, 3.63) is 184 Å². The molecular formula is C89H91N13O10S12. The molecule has 4 atom stereocenters. The van der Waals surface area contributed by atoms with Crippen LogP contribution in [0.25, 0.3) is 128 Å². The number of nitrogens with two attached hydrogens (primary N) is 4. The number of aromatic nitrogens is 8. The number of hydrogen-bond donors (Lipinski definition) is 6. The predicted molar refractivity (Wildman–Crippen MR) is 519 cm³/mol. The van der Waals surface area contributed by atoms with Crippen LogP contribution in [0.5, 0.6) is 5.75 Å². The normalized spacial score (nSPS) is 12.4. The minimum Gasteiger partial charge on any atom is -0.482 e. The first-order valence-corrected chi connectivity index (χ1v) is 51.8. The lowest BCUT2D eigenvalue weighted by atomic mass is 10.0. The summed E-state index contributed by atoms with van der Waals surface area (Å²) < 4.78 is 64.6. The Bertz CT molecular complexity index is 6240. The number of benzene rings is 4. The Kier molecular flexibility index (Phi) is 32.2. The lowest BCUT2D eigenvalue weighted by molar-refractivity contribution is -0.142. The number of anilines is 4. The van der Waals surface area contributed by atoms with Crippen molar-refractivity contribution < 1.29 is 46.1 Å². The molecule has 0 aliphatic rings. The van der Waals surface area contributed by atoms with Crippen LogP contribution in [-0.4, -0.2) is 127 Å². The summed E-state index contributed by atoms with van der Waals surface area (Å²) in [6.45, 7) is 10.4. The minimum absolute atomic E-state index is 0.00243. The van der Waals surface area contributed by atoms with Gasteiger partial charge in [0.1, 0.15) is 91.3 Å². The van der Waals surface area contributed by atoms with Crippen molar-refractivity contribution in [3.8, 4) is 93.1 Å². The zero-order valence-corrected chi connectivity index (χ0v) is 78.7. The maximum atomic E-state index is 12.9. The average molecular weight is 1890 g/mol. The molecule has 0 amide bonds. The van der Waals surface area contributed by atoms with Crippen LogP contribution in [-0.2, 0) is 77.3 Å². The fourth-order valence-electron chi connectivity index (χ4n) is 13.1. The molecule has 0 aliphatic carbocycles. The number of aliphatic hydroxyl groups excluding tert-OH is 1. The van der Waals surface area contributed by atoms with Crippen molar-refractivity contribution in [2.24, 2.45) is 0 Å². The predicted octanol–water partition coefficient (Wildman–Crippen LogP) is 21.4. The van der Waals surface area contributed by atoms with E-state index in [1.807, 2.05) is 100 Å². The summed E-state index contributed by atoms with van der Waals surface area (Å²) in [5.74, 6) is 1.50. The van der Waals surface area contributed by atoms with E-state index in [2.05, 4.69) is 97.0 Å². The molecule has 0 bridgehead atoms. The highest BCUT2D eigenvalue weighted by Gasteiger charge is 2.27. The fraction of sp³-hybridized carbons (Fsp3) is 0.258. The number of carbonyl (C=O) groups is 2. The molecule has 0 fully saturated rings. The Hall–Kier alpha value is -9.70. The zero-order chi connectivity index (χ0) is 87.7. The van der Waals surface area contributed by atoms with Crippen molar-refractivity contribution >= 4 is 209 Å². The van der Waals surface area contributed by atoms with Gasteiger partial charge in [-0.15, -0.1) is 90.7 Å². The van der Waals surface area contributed by atoms with Gasteiger partial charge in [-0.1, -0.05) is 138 Å². The highest BCUT2D eigenvalue weighted by Crippen LogP contribution is 2.49. The van der Waals surface area contributed by atoms with Crippen molar-refractivity contribution in [2.45, 2.75) is 123 Å². The molecule has 0 spiro atoms. The molecule has 0 saturated carbocycles. The van der Waals surface area contributed by atoms with E-state index in [1.54, 1.807) is 48.3 Å². The van der Waals surface area contributed by atoms with Gasteiger partial charge in [-0.05, 0) is 137 Å². The number of rotatable bonds is 32. The summed E-state index contributed by atoms with van der Waals surface area (Å²) in [6, 6.07) is 39.2. The first-order chi connectivity index (χ1) is 60.0. The molecule has 23 nitrogen and oxygen atoms in total. The molecule has 4 unspecified atom stereocenters. The molecular weight excluding hydrogens is 1800 g/mol. The third kappa shape index (κ3) is 22.2. The third-order valence-electron chi connectivity index (χ3n) is 19.3. The summed E-state index contributed by atoms with van der Waals surface area (Å²) in [5, 5.41) is 32.5. The number of carboxylic acids is 1.